The van der Waals surface area contributed by atoms with Gasteiger partial charge in [0.1, 0.15) is 6.04 Å². The quantitative estimate of drug-likeness (QED) is 0.722. The normalized spacial score (nSPS) is 14.8. The molecule has 5 nitrogen and oxygen atoms in total. The Hall–Kier alpha value is -1.75. The van der Waals surface area contributed by atoms with Gasteiger partial charge in [-0.05, 0) is 6.07 Å². The van der Waals surface area contributed by atoms with E-state index in [4.69, 9.17) is 15.2 Å². The second-order valence-electron chi connectivity index (χ2n) is 3.08. The molecule has 0 aliphatic carbocycles. The molecule has 80 valence electrons. The van der Waals surface area contributed by atoms with E-state index in [1.807, 2.05) is 0 Å². The van der Waals surface area contributed by atoms with Crippen molar-refractivity contribution in [3.8, 4) is 11.5 Å². The zero-order valence-electron chi connectivity index (χ0n) is 8.23. The third-order valence-corrected chi connectivity index (χ3v) is 2.22. The van der Waals surface area contributed by atoms with Gasteiger partial charge in [0.25, 0.3) is 0 Å². The van der Waals surface area contributed by atoms with Crippen LogP contribution in [0.4, 0.5) is 0 Å². The van der Waals surface area contributed by atoms with Crippen molar-refractivity contribution in [1.29, 1.82) is 0 Å². The second-order valence-corrected chi connectivity index (χ2v) is 3.08. The predicted molar refractivity (Wildman–Crippen MR) is 51.5 cm³/mol. The zero-order chi connectivity index (χ0) is 10.8. The van der Waals surface area contributed by atoms with Gasteiger partial charge in [-0.25, -0.2) is 0 Å². The molecule has 0 aromatic heterocycles. The van der Waals surface area contributed by atoms with Crippen LogP contribution in [0.2, 0.25) is 0 Å². The van der Waals surface area contributed by atoms with Gasteiger partial charge < -0.3 is 19.9 Å². The van der Waals surface area contributed by atoms with Crippen molar-refractivity contribution in [2.75, 3.05) is 13.9 Å². The third kappa shape index (κ3) is 1.61. The number of ether oxygens (including phenoxy) is 3. The minimum Gasteiger partial charge on any atom is -0.468 e. The average Bonchev–Trinajstić information content (AvgIpc) is 2.74. The number of nitrogens with two attached hydrogens (primary N) is 1. The van der Waals surface area contributed by atoms with E-state index >= 15 is 0 Å². The van der Waals surface area contributed by atoms with Gasteiger partial charge in [-0.1, -0.05) is 12.1 Å². The Bertz CT molecular complexity index is 391. The van der Waals surface area contributed by atoms with E-state index in [0.29, 0.717) is 17.1 Å². The number of hydrogen-bond donors (Lipinski definition) is 1. The first-order valence-electron chi connectivity index (χ1n) is 4.46. The Balaban J connectivity index is 2.36. The SMILES string of the molecule is COC(=O)[C@@H](N)c1cccc2c1OCO2. The summed E-state index contributed by atoms with van der Waals surface area (Å²) in [4.78, 5) is 11.3. The molecule has 1 atom stereocenters. The molecule has 0 bridgehead atoms. The lowest BCUT2D eigenvalue weighted by Crippen LogP contribution is -2.22. The summed E-state index contributed by atoms with van der Waals surface area (Å²) in [5, 5.41) is 0. The molecule has 0 fully saturated rings. The number of fused-ring (bicyclic) bond motifs is 1. The number of esters is 1. The van der Waals surface area contributed by atoms with Crippen molar-refractivity contribution in [3.05, 3.63) is 23.8 Å². The molecule has 1 heterocycles. The van der Waals surface area contributed by atoms with Gasteiger partial charge in [-0.3, -0.25) is 4.79 Å². The van der Waals surface area contributed by atoms with Crippen LogP contribution >= 0.6 is 0 Å². The Kier molecular flexibility index (Phi) is 2.47. The highest BCUT2D eigenvalue weighted by Gasteiger charge is 2.25. The molecule has 0 amide bonds. The Morgan fingerprint density at radius 2 is 2.33 bits per heavy atom. The van der Waals surface area contributed by atoms with Crippen LogP contribution in [0.1, 0.15) is 11.6 Å². The van der Waals surface area contributed by atoms with Crippen LogP contribution < -0.4 is 15.2 Å². The van der Waals surface area contributed by atoms with E-state index in [1.54, 1.807) is 18.2 Å². The first-order chi connectivity index (χ1) is 7.24. The van der Waals surface area contributed by atoms with E-state index < -0.39 is 12.0 Å². The number of rotatable bonds is 2. The van der Waals surface area contributed by atoms with Crippen LogP contribution in [-0.4, -0.2) is 19.9 Å². The minimum absolute atomic E-state index is 0.153. The summed E-state index contributed by atoms with van der Waals surface area (Å²) >= 11 is 0. The van der Waals surface area contributed by atoms with Crippen molar-refractivity contribution in [1.82, 2.24) is 0 Å². The molecule has 2 rings (SSSR count). The first-order valence-corrected chi connectivity index (χ1v) is 4.46. The first kappa shape index (κ1) is 9.79. The molecule has 5 heteroatoms. The molecule has 0 saturated heterocycles. The molecule has 2 N–H and O–H groups in total. The van der Waals surface area contributed by atoms with Crippen molar-refractivity contribution in [3.63, 3.8) is 0 Å². The number of para-hydroxylation sites is 1. The molecule has 0 unspecified atom stereocenters. The van der Waals surface area contributed by atoms with Crippen LogP contribution in [0.15, 0.2) is 18.2 Å². The Morgan fingerprint density at radius 1 is 1.53 bits per heavy atom. The summed E-state index contributed by atoms with van der Waals surface area (Å²) in [6, 6.07) is 4.39. The fraction of sp³-hybridized carbons (Fsp3) is 0.300. The molecule has 0 radical (unpaired) electrons. The van der Waals surface area contributed by atoms with E-state index in [0.717, 1.165) is 0 Å². The molecule has 1 aromatic rings. The molecule has 1 aliphatic rings. The largest absolute Gasteiger partial charge is 0.468 e. The lowest BCUT2D eigenvalue weighted by molar-refractivity contribution is -0.142. The van der Waals surface area contributed by atoms with E-state index in [-0.39, 0.29) is 6.79 Å². The zero-order valence-corrected chi connectivity index (χ0v) is 8.23. The Labute approximate surface area is 86.7 Å². The van der Waals surface area contributed by atoms with Gasteiger partial charge in [0, 0.05) is 5.56 Å². The van der Waals surface area contributed by atoms with Gasteiger partial charge in [0.15, 0.2) is 11.5 Å². The van der Waals surface area contributed by atoms with E-state index in [9.17, 15) is 4.79 Å². The Morgan fingerprint density at radius 3 is 3.07 bits per heavy atom. The lowest BCUT2D eigenvalue weighted by Gasteiger charge is -2.11. The maximum atomic E-state index is 11.3. The molecule has 0 spiro atoms. The summed E-state index contributed by atoms with van der Waals surface area (Å²) in [7, 11) is 1.29. The van der Waals surface area contributed by atoms with Crippen LogP contribution in [0.25, 0.3) is 0 Å². The highest BCUT2D eigenvalue weighted by atomic mass is 16.7. The summed E-state index contributed by atoms with van der Waals surface area (Å²) in [6.45, 7) is 0.153. The second kappa shape index (κ2) is 3.78. The maximum absolute atomic E-state index is 11.3. The van der Waals surface area contributed by atoms with Crippen molar-refractivity contribution in [2.45, 2.75) is 6.04 Å². The topological polar surface area (TPSA) is 70.8 Å². The highest BCUT2D eigenvalue weighted by Crippen LogP contribution is 2.37. The van der Waals surface area contributed by atoms with Gasteiger partial charge in [0.05, 0.1) is 7.11 Å². The standard InChI is InChI=1S/C10H11NO4/c1-13-10(12)8(11)6-3-2-4-7-9(6)15-5-14-7/h2-4,8H,5,11H2,1H3/t8-/m0/s1. The number of hydrogen-bond acceptors (Lipinski definition) is 5. The monoisotopic (exact) mass is 209 g/mol. The lowest BCUT2D eigenvalue weighted by atomic mass is 10.1. The average molecular weight is 209 g/mol. The number of methoxy groups -OCH3 is 1. The van der Waals surface area contributed by atoms with Crippen LogP contribution in [0.5, 0.6) is 11.5 Å². The third-order valence-electron chi connectivity index (χ3n) is 2.22. The predicted octanol–water partition coefficient (Wildman–Crippen LogP) is 0.588. The maximum Gasteiger partial charge on any atom is 0.327 e. The van der Waals surface area contributed by atoms with Crippen molar-refractivity contribution < 1.29 is 19.0 Å². The van der Waals surface area contributed by atoms with Gasteiger partial charge in [-0.2, -0.15) is 0 Å². The molecule has 0 saturated carbocycles. The van der Waals surface area contributed by atoms with Crippen LogP contribution in [0.3, 0.4) is 0 Å². The van der Waals surface area contributed by atoms with E-state index in [2.05, 4.69) is 4.74 Å². The molecule has 15 heavy (non-hydrogen) atoms. The molecular weight excluding hydrogens is 198 g/mol. The smallest absolute Gasteiger partial charge is 0.327 e. The summed E-state index contributed by atoms with van der Waals surface area (Å²) < 4.78 is 15.0. The summed E-state index contributed by atoms with van der Waals surface area (Å²) in [6.07, 6.45) is 0. The molecular formula is C10H11NO4. The molecule has 1 aliphatic heterocycles. The van der Waals surface area contributed by atoms with Crippen LogP contribution in [-0.2, 0) is 9.53 Å². The molecule has 1 aromatic carbocycles. The number of carbonyl (C=O) groups is 1. The van der Waals surface area contributed by atoms with Gasteiger partial charge >= 0.3 is 5.97 Å². The highest BCUT2D eigenvalue weighted by molar-refractivity contribution is 5.79. The minimum atomic E-state index is -0.841. The fourth-order valence-corrected chi connectivity index (χ4v) is 1.45. The van der Waals surface area contributed by atoms with Crippen molar-refractivity contribution >= 4 is 5.97 Å². The van der Waals surface area contributed by atoms with E-state index in [1.165, 1.54) is 7.11 Å². The van der Waals surface area contributed by atoms with Gasteiger partial charge in [0.2, 0.25) is 6.79 Å². The number of carbonyl (C=O) groups excluding carboxylic acids is 1. The fourth-order valence-electron chi connectivity index (χ4n) is 1.45. The van der Waals surface area contributed by atoms with Crippen molar-refractivity contribution in [2.24, 2.45) is 5.73 Å². The summed E-state index contributed by atoms with van der Waals surface area (Å²) in [5.41, 5.74) is 6.29. The number of benzene rings is 1. The van der Waals surface area contributed by atoms with Crippen LogP contribution in [0, 0.1) is 0 Å². The summed E-state index contributed by atoms with van der Waals surface area (Å²) in [5.74, 6) is 0.626. The van der Waals surface area contributed by atoms with Gasteiger partial charge in [-0.15, -0.1) is 0 Å².